The zero-order chi connectivity index (χ0) is 17.7. The summed E-state index contributed by atoms with van der Waals surface area (Å²) in [5.41, 5.74) is 0.105. The molecule has 0 fully saturated rings. The van der Waals surface area contributed by atoms with Gasteiger partial charge in [-0.1, -0.05) is 0 Å². The van der Waals surface area contributed by atoms with Crippen molar-refractivity contribution in [1.82, 2.24) is 19.7 Å². The van der Waals surface area contributed by atoms with E-state index in [-0.39, 0.29) is 25.0 Å². The van der Waals surface area contributed by atoms with Gasteiger partial charge in [-0.15, -0.1) is 0 Å². The molecule has 2 rings (SSSR count). The monoisotopic (exact) mass is 400 g/mol. The standard InChI is InChI=1S/C14H14BrFN4O4/c1-24-12-4-10(2-3-11(12)15)19-8-18-20(14(19)23)7-9(5-16)6-17-13(21)22/h2-5,8,17H,6-7H2,1H3,(H,21,22)/b9-5-. The van der Waals surface area contributed by atoms with Crippen LogP contribution < -0.4 is 15.7 Å². The molecule has 2 aromatic rings. The van der Waals surface area contributed by atoms with Gasteiger partial charge in [0.15, 0.2) is 0 Å². The highest BCUT2D eigenvalue weighted by Crippen LogP contribution is 2.26. The molecule has 0 saturated carbocycles. The van der Waals surface area contributed by atoms with Gasteiger partial charge in [-0.3, -0.25) is 0 Å². The number of methoxy groups -OCH3 is 1. The summed E-state index contributed by atoms with van der Waals surface area (Å²) in [4.78, 5) is 22.8. The molecule has 0 spiro atoms. The van der Waals surface area contributed by atoms with Crippen LogP contribution in [0.15, 0.2) is 45.7 Å². The first-order valence-electron chi connectivity index (χ1n) is 6.69. The van der Waals surface area contributed by atoms with Crippen molar-refractivity contribution in [3.8, 4) is 11.4 Å². The maximum atomic E-state index is 12.8. The number of benzene rings is 1. The third-order valence-electron chi connectivity index (χ3n) is 3.12. The van der Waals surface area contributed by atoms with E-state index in [9.17, 15) is 14.0 Å². The quantitative estimate of drug-likeness (QED) is 0.771. The molecule has 1 aromatic heterocycles. The summed E-state index contributed by atoms with van der Waals surface area (Å²) in [6.45, 7) is -0.409. The Bertz CT molecular complexity index is 830. The third-order valence-corrected chi connectivity index (χ3v) is 3.78. The minimum Gasteiger partial charge on any atom is -0.495 e. The van der Waals surface area contributed by atoms with Crippen LogP contribution in [0.5, 0.6) is 5.75 Å². The Hall–Kier alpha value is -2.62. The van der Waals surface area contributed by atoms with E-state index >= 15 is 0 Å². The summed E-state index contributed by atoms with van der Waals surface area (Å²) < 4.78 is 21.0. The molecule has 0 aliphatic rings. The maximum absolute atomic E-state index is 12.8. The Labute approximate surface area is 144 Å². The molecule has 0 unspecified atom stereocenters. The molecule has 0 aliphatic heterocycles. The highest BCUT2D eigenvalue weighted by Gasteiger charge is 2.11. The van der Waals surface area contributed by atoms with Gasteiger partial charge >= 0.3 is 11.8 Å². The Kier molecular flexibility index (Phi) is 5.74. The largest absolute Gasteiger partial charge is 0.495 e. The molecule has 8 nitrogen and oxygen atoms in total. The first-order valence-corrected chi connectivity index (χ1v) is 7.49. The fourth-order valence-corrected chi connectivity index (χ4v) is 2.34. The van der Waals surface area contributed by atoms with Gasteiger partial charge in [0.2, 0.25) is 0 Å². The molecule has 0 bridgehead atoms. The summed E-state index contributed by atoms with van der Waals surface area (Å²) in [5, 5.41) is 14.5. The van der Waals surface area contributed by atoms with E-state index in [1.54, 1.807) is 18.2 Å². The van der Waals surface area contributed by atoms with Gasteiger partial charge in [0.05, 0.1) is 30.1 Å². The van der Waals surface area contributed by atoms with Crippen LogP contribution in [0.1, 0.15) is 0 Å². The van der Waals surface area contributed by atoms with Gasteiger partial charge in [0, 0.05) is 12.6 Å². The van der Waals surface area contributed by atoms with Crippen molar-refractivity contribution in [1.29, 1.82) is 0 Å². The average Bonchev–Trinajstić information content (AvgIpc) is 2.92. The number of rotatable bonds is 6. The predicted octanol–water partition coefficient (Wildman–Crippen LogP) is 1.93. The van der Waals surface area contributed by atoms with Crippen molar-refractivity contribution in [2.45, 2.75) is 6.54 Å². The SMILES string of the molecule is COc1cc(-n2cnn(C/C(=C\F)CNC(=O)O)c2=O)ccc1Br. The highest BCUT2D eigenvalue weighted by molar-refractivity contribution is 9.10. The number of aromatic nitrogens is 3. The number of nitrogens with one attached hydrogen (secondary N) is 1. The highest BCUT2D eigenvalue weighted by atomic mass is 79.9. The van der Waals surface area contributed by atoms with Crippen molar-refractivity contribution in [3.63, 3.8) is 0 Å². The number of ether oxygens (including phenoxy) is 1. The lowest BCUT2D eigenvalue weighted by Gasteiger charge is -2.07. The van der Waals surface area contributed by atoms with Gasteiger partial charge in [-0.2, -0.15) is 5.10 Å². The molecular formula is C14H14BrFN4O4. The number of carboxylic acid groups (broad SMARTS) is 1. The molecule has 2 N–H and O–H groups in total. The zero-order valence-electron chi connectivity index (χ0n) is 12.6. The fraction of sp³-hybridized carbons (Fsp3) is 0.214. The summed E-state index contributed by atoms with van der Waals surface area (Å²) in [7, 11) is 1.50. The topological polar surface area (TPSA) is 98.4 Å². The van der Waals surface area contributed by atoms with E-state index in [1.165, 1.54) is 18.0 Å². The number of carbonyl (C=O) groups is 1. The molecular weight excluding hydrogens is 387 g/mol. The molecule has 1 amide bonds. The summed E-state index contributed by atoms with van der Waals surface area (Å²) in [6.07, 6.45) is 0.268. The van der Waals surface area contributed by atoms with Crippen LogP contribution in [0.4, 0.5) is 9.18 Å². The van der Waals surface area contributed by atoms with Crippen molar-refractivity contribution in [2.24, 2.45) is 0 Å². The second-order valence-corrected chi connectivity index (χ2v) is 5.54. The maximum Gasteiger partial charge on any atom is 0.404 e. The second kappa shape index (κ2) is 7.77. The minimum atomic E-state index is -1.28. The van der Waals surface area contributed by atoms with Gasteiger partial charge in [-0.05, 0) is 33.6 Å². The van der Waals surface area contributed by atoms with Crippen LogP contribution in [-0.2, 0) is 6.54 Å². The Morgan fingerprint density at radius 2 is 2.29 bits per heavy atom. The fourth-order valence-electron chi connectivity index (χ4n) is 1.93. The normalized spacial score (nSPS) is 11.4. The van der Waals surface area contributed by atoms with E-state index in [1.807, 2.05) is 5.32 Å². The van der Waals surface area contributed by atoms with E-state index in [0.29, 0.717) is 11.4 Å². The second-order valence-electron chi connectivity index (χ2n) is 4.69. The van der Waals surface area contributed by atoms with Crippen molar-refractivity contribution in [2.75, 3.05) is 13.7 Å². The van der Waals surface area contributed by atoms with Gasteiger partial charge in [-0.25, -0.2) is 23.2 Å². The molecule has 1 aromatic carbocycles. The third kappa shape index (κ3) is 4.02. The molecule has 0 saturated heterocycles. The summed E-state index contributed by atoms with van der Waals surface area (Å²) in [5.74, 6) is 0.544. The number of nitrogens with zero attached hydrogens (tertiary/aromatic N) is 3. The summed E-state index contributed by atoms with van der Waals surface area (Å²) >= 11 is 3.32. The minimum absolute atomic E-state index is 0.0677. The zero-order valence-corrected chi connectivity index (χ0v) is 14.2. The number of amides is 1. The number of halogens is 2. The first kappa shape index (κ1) is 17.7. The van der Waals surface area contributed by atoms with Crippen LogP contribution in [-0.4, -0.2) is 39.2 Å². The van der Waals surface area contributed by atoms with Crippen molar-refractivity contribution < 1.29 is 19.0 Å². The summed E-state index contributed by atoms with van der Waals surface area (Å²) in [6, 6.07) is 5.06. The lowest BCUT2D eigenvalue weighted by Crippen LogP contribution is -2.29. The van der Waals surface area contributed by atoms with Crippen LogP contribution in [0.3, 0.4) is 0 Å². The smallest absolute Gasteiger partial charge is 0.404 e. The average molecular weight is 401 g/mol. The first-order chi connectivity index (χ1) is 11.5. The van der Waals surface area contributed by atoms with Gasteiger partial charge in [0.25, 0.3) is 0 Å². The molecule has 128 valence electrons. The molecule has 0 atom stereocenters. The van der Waals surface area contributed by atoms with Crippen LogP contribution in [0.2, 0.25) is 0 Å². The van der Waals surface area contributed by atoms with Crippen molar-refractivity contribution in [3.05, 3.63) is 51.4 Å². The van der Waals surface area contributed by atoms with E-state index in [4.69, 9.17) is 9.84 Å². The number of hydrogen-bond acceptors (Lipinski definition) is 4. The molecule has 1 heterocycles. The Morgan fingerprint density at radius 3 is 2.92 bits per heavy atom. The predicted molar refractivity (Wildman–Crippen MR) is 87.3 cm³/mol. The van der Waals surface area contributed by atoms with Gasteiger partial charge in [0.1, 0.15) is 12.1 Å². The van der Waals surface area contributed by atoms with E-state index in [2.05, 4.69) is 21.0 Å². The molecule has 0 aliphatic carbocycles. The van der Waals surface area contributed by atoms with Crippen LogP contribution in [0.25, 0.3) is 5.69 Å². The van der Waals surface area contributed by atoms with Gasteiger partial charge < -0.3 is 15.2 Å². The Morgan fingerprint density at radius 1 is 1.54 bits per heavy atom. The Balaban J connectivity index is 2.25. The lowest BCUT2D eigenvalue weighted by molar-refractivity contribution is 0.195. The van der Waals surface area contributed by atoms with Crippen molar-refractivity contribution >= 4 is 22.0 Å². The molecule has 0 radical (unpaired) electrons. The molecule has 24 heavy (non-hydrogen) atoms. The van der Waals surface area contributed by atoms with Crippen LogP contribution >= 0.6 is 15.9 Å². The number of hydrogen-bond donors (Lipinski definition) is 2. The van der Waals surface area contributed by atoms with E-state index < -0.39 is 11.8 Å². The molecule has 10 heteroatoms. The van der Waals surface area contributed by atoms with Crippen LogP contribution in [0, 0.1) is 0 Å². The van der Waals surface area contributed by atoms with E-state index in [0.717, 1.165) is 9.15 Å². The lowest BCUT2D eigenvalue weighted by atomic mass is 10.3.